The summed E-state index contributed by atoms with van der Waals surface area (Å²) in [6, 6.07) is 5.79. The molecule has 0 saturated heterocycles. The van der Waals surface area contributed by atoms with Crippen LogP contribution in [0.15, 0.2) is 34.3 Å². The number of sulfone groups is 1. The summed E-state index contributed by atoms with van der Waals surface area (Å²) in [6.07, 6.45) is 3.64. The molecule has 2 aliphatic rings. The average Bonchev–Trinajstić information content (AvgIpc) is 3.38. The molecule has 0 heterocycles. The van der Waals surface area contributed by atoms with Gasteiger partial charge in [0.15, 0.2) is 15.5 Å². The van der Waals surface area contributed by atoms with Crippen molar-refractivity contribution in [2.45, 2.75) is 61.4 Å². The van der Waals surface area contributed by atoms with E-state index in [1.165, 1.54) is 24.3 Å². The van der Waals surface area contributed by atoms with Gasteiger partial charge in [-0.25, -0.2) is 13.2 Å². The number of carbonyl (C=O) groups is 1. The minimum atomic E-state index is -3.30. The van der Waals surface area contributed by atoms with Crippen molar-refractivity contribution in [2.75, 3.05) is 6.61 Å². The van der Waals surface area contributed by atoms with Crippen LogP contribution in [0.3, 0.4) is 0 Å². The van der Waals surface area contributed by atoms with Crippen LogP contribution in [0.5, 0.6) is 0 Å². The van der Waals surface area contributed by atoms with Crippen LogP contribution in [0.1, 0.15) is 44.6 Å². The van der Waals surface area contributed by atoms with Crippen LogP contribution < -0.4 is 0 Å². The minimum Gasteiger partial charge on any atom is -0.476 e. The number of benzene rings is 1. The van der Waals surface area contributed by atoms with Crippen LogP contribution in [0, 0.1) is 0 Å². The van der Waals surface area contributed by atoms with Crippen molar-refractivity contribution >= 4 is 21.5 Å². The van der Waals surface area contributed by atoms with E-state index in [1.807, 2.05) is 6.92 Å². The van der Waals surface area contributed by atoms with E-state index >= 15 is 0 Å². The number of rotatable bonds is 8. The highest BCUT2D eigenvalue weighted by molar-refractivity contribution is 7.92. The summed E-state index contributed by atoms with van der Waals surface area (Å²) in [6.45, 7) is 2.57. The van der Waals surface area contributed by atoms with E-state index in [1.54, 1.807) is 0 Å². The van der Waals surface area contributed by atoms with E-state index in [-0.39, 0.29) is 28.1 Å². The fraction of sp³-hybridized carbons (Fsp3) is 0.556. The molecule has 1 aromatic rings. The summed E-state index contributed by atoms with van der Waals surface area (Å²) < 4.78 is 30.0. The smallest absolute Gasteiger partial charge is 0.358 e. The molecule has 0 spiro atoms. The molecule has 142 valence electrons. The third-order valence-corrected chi connectivity index (χ3v) is 6.93. The Bertz CT molecular complexity index is 782. The first-order valence-corrected chi connectivity index (χ1v) is 10.4. The van der Waals surface area contributed by atoms with Crippen LogP contribution in [-0.2, 0) is 24.2 Å². The topological polar surface area (TPSA) is 102 Å². The van der Waals surface area contributed by atoms with Gasteiger partial charge in [-0.15, -0.1) is 0 Å². The molecule has 7 nitrogen and oxygen atoms in total. The van der Waals surface area contributed by atoms with E-state index in [4.69, 9.17) is 9.57 Å². The Labute approximate surface area is 152 Å². The average molecular weight is 381 g/mol. The largest absolute Gasteiger partial charge is 0.476 e. The highest BCUT2D eigenvalue weighted by Gasteiger charge is 2.36. The number of carboxylic acids is 1. The first-order chi connectivity index (χ1) is 12.4. The van der Waals surface area contributed by atoms with Crippen LogP contribution >= 0.6 is 0 Å². The Balaban J connectivity index is 1.70. The molecular weight excluding hydrogens is 358 g/mol. The first-order valence-electron chi connectivity index (χ1n) is 8.85. The fourth-order valence-corrected chi connectivity index (χ4v) is 4.76. The van der Waals surface area contributed by atoms with Crippen molar-refractivity contribution in [3.63, 3.8) is 0 Å². The lowest BCUT2D eigenvalue weighted by Gasteiger charge is -2.11. The predicted octanol–water partition coefficient (Wildman–Crippen LogP) is 2.39. The Hall–Kier alpha value is -1.93. The third kappa shape index (κ3) is 4.24. The summed E-state index contributed by atoms with van der Waals surface area (Å²) in [5.41, 5.74) is 0.0758. The molecule has 0 radical (unpaired) electrons. The highest BCUT2D eigenvalue weighted by atomic mass is 32.2. The van der Waals surface area contributed by atoms with Gasteiger partial charge in [-0.1, -0.05) is 17.3 Å². The molecule has 1 aromatic carbocycles. The molecule has 2 atom stereocenters. The van der Waals surface area contributed by atoms with Gasteiger partial charge in [-0.05, 0) is 44.7 Å². The van der Waals surface area contributed by atoms with Crippen LogP contribution in [0.4, 0.5) is 0 Å². The van der Waals surface area contributed by atoms with Crippen molar-refractivity contribution in [3.05, 3.63) is 29.8 Å². The third-order valence-electron chi connectivity index (χ3n) is 4.65. The van der Waals surface area contributed by atoms with Gasteiger partial charge in [0.2, 0.25) is 0 Å². The standard InChI is InChI=1S/C18H23NO6S/c1-2-24-13-5-6-14(11-13)25-19-17(18(20)21)12-3-7-15(8-4-12)26(22,23)16-9-10-16/h3-4,7-8,13-14,16H,2,5-6,9-11H2,1H3,(H,20,21)/b19-17+/t13?,14-/m1/s1. The number of hydrogen-bond donors (Lipinski definition) is 1. The van der Waals surface area contributed by atoms with Crippen LogP contribution in [0.25, 0.3) is 0 Å². The molecule has 8 heteroatoms. The molecular formula is C18H23NO6S. The normalized spacial score (nSPS) is 23.8. The summed E-state index contributed by atoms with van der Waals surface area (Å²) in [5.74, 6) is -1.22. The van der Waals surface area contributed by atoms with E-state index in [2.05, 4.69) is 5.16 Å². The molecule has 0 amide bonds. The maximum atomic E-state index is 12.2. The van der Waals surface area contributed by atoms with Gasteiger partial charge >= 0.3 is 5.97 Å². The summed E-state index contributed by atoms with van der Waals surface area (Å²) in [7, 11) is -3.30. The van der Waals surface area contributed by atoms with E-state index < -0.39 is 15.8 Å². The highest BCUT2D eigenvalue weighted by Crippen LogP contribution is 2.33. The van der Waals surface area contributed by atoms with Crippen LogP contribution in [0.2, 0.25) is 0 Å². The Morgan fingerprint density at radius 3 is 2.38 bits per heavy atom. The number of carboxylic acid groups (broad SMARTS) is 1. The van der Waals surface area contributed by atoms with Crippen molar-refractivity contribution < 1.29 is 27.9 Å². The zero-order valence-electron chi connectivity index (χ0n) is 14.6. The van der Waals surface area contributed by atoms with Crippen molar-refractivity contribution in [2.24, 2.45) is 5.16 Å². The maximum Gasteiger partial charge on any atom is 0.358 e. The Kier molecular flexibility index (Phi) is 5.62. The molecule has 0 aromatic heterocycles. The number of oxime groups is 1. The predicted molar refractivity (Wildman–Crippen MR) is 95.0 cm³/mol. The van der Waals surface area contributed by atoms with Gasteiger partial charge < -0.3 is 14.7 Å². The lowest BCUT2D eigenvalue weighted by molar-refractivity contribution is -0.129. The Morgan fingerprint density at radius 1 is 1.15 bits per heavy atom. The zero-order valence-corrected chi connectivity index (χ0v) is 15.4. The molecule has 3 rings (SSSR count). The SMILES string of the molecule is CCOC1CC[C@@H](O/N=C(/C(=O)O)c2ccc(S(=O)(=O)C3CC3)cc2)C1. The quantitative estimate of drug-likeness (QED) is 0.548. The van der Waals surface area contributed by atoms with Gasteiger partial charge in [-0.3, -0.25) is 0 Å². The second-order valence-corrected chi connectivity index (χ2v) is 8.86. The van der Waals surface area contributed by atoms with Crippen molar-refractivity contribution in [1.82, 2.24) is 0 Å². The Morgan fingerprint density at radius 2 is 1.81 bits per heavy atom. The van der Waals surface area contributed by atoms with Gasteiger partial charge in [0.1, 0.15) is 6.10 Å². The second kappa shape index (κ2) is 7.75. The fourth-order valence-electron chi connectivity index (χ4n) is 3.10. The molecule has 1 N–H and O–H groups in total. The summed E-state index contributed by atoms with van der Waals surface area (Å²) >= 11 is 0. The van der Waals surface area contributed by atoms with Gasteiger partial charge in [0.05, 0.1) is 16.2 Å². The number of ether oxygens (including phenoxy) is 1. The molecule has 2 fully saturated rings. The van der Waals surface area contributed by atoms with Gasteiger partial charge in [0.25, 0.3) is 0 Å². The van der Waals surface area contributed by atoms with Crippen molar-refractivity contribution in [3.8, 4) is 0 Å². The number of nitrogens with zero attached hydrogens (tertiary/aromatic N) is 1. The van der Waals surface area contributed by atoms with E-state index in [0.29, 0.717) is 31.4 Å². The molecule has 26 heavy (non-hydrogen) atoms. The molecule has 2 aliphatic carbocycles. The lowest BCUT2D eigenvalue weighted by atomic mass is 10.1. The monoisotopic (exact) mass is 381 g/mol. The maximum absolute atomic E-state index is 12.2. The number of hydrogen-bond acceptors (Lipinski definition) is 6. The van der Waals surface area contributed by atoms with E-state index in [9.17, 15) is 18.3 Å². The molecule has 0 bridgehead atoms. The summed E-state index contributed by atoms with van der Waals surface area (Å²) in [5, 5.41) is 12.9. The molecule has 0 aliphatic heterocycles. The molecule has 1 unspecified atom stereocenters. The number of aliphatic carboxylic acids is 1. The summed E-state index contributed by atoms with van der Waals surface area (Å²) in [4.78, 5) is 17.1. The van der Waals surface area contributed by atoms with Gasteiger partial charge in [-0.2, -0.15) is 0 Å². The first kappa shape index (κ1) is 18.8. The van der Waals surface area contributed by atoms with Gasteiger partial charge in [0, 0.05) is 18.6 Å². The second-order valence-electron chi connectivity index (χ2n) is 6.63. The van der Waals surface area contributed by atoms with Crippen molar-refractivity contribution in [1.29, 1.82) is 0 Å². The van der Waals surface area contributed by atoms with Crippen LogP contribution in [-0.4, -0.2) is 49.3 Å². The zero-order chi connectivity index (χ0) is 18.7. The lowest BCUT2D eigenvalue weighted by Crippen LogP contribution is -2.18. The van der Waals surface area contributed by atoms with E-state index in [0.717, 1.165) is 12.8 Å². The minimum absolute atomic E-state index is 0.125. The molecule has 2 saturated carbocycles.